The van der Waals surface area contributed by atoms with Crippen molar-refractivity contribution in [3.05, 3.63) is 58.1 Å². The van der Waals surface area contributed by atoms with Crippen molar-refractivity contribution in [2.75, 3.05) is 6.54 Å². The van der Waals surface area contributed by atoms with Crippen LogP contribution in [-0.4, -0.2) is 34.5 Å². The number of carbonyl (C=O) groups is 2. The lowest BCUT2D eigenvalue weighted by atomic mass is 10.2. The molecule has 23 heavy (non-hydrogen) atoms. The molecule has 0 radical (unpaired) electrons. The molecule has 10 heteroatoms. The average molecular weight is 317 g/mol. The number of hydrogen-bond donors (Lipinski definition) is 2. The van der Waals surface area contributed by atoms with Crippen LogP contribution in [0.25, 0.3) is 0 Å². The lowest BCUT2D eigenvalue weighted by Crippen LogP contribution is -2.34. The minimum atomic E-state index is -0.690. The van der Waals surface area contributed by atoms with Gasteiger partial charge in [-0.05, 0) is 18.2 Å². The van der Waals surface area contributed by atoms with Gasteiger partial charge < -0.3 is 9.73 Å². The van der Waals surface area contributed by atoms with Crippen LogP contribution in [0.15, 0.2) is 46.2 Å². The van der Waals surface area contributed by atoms with E-state index < -0.39 is 22.6 Å². The Balaban J connectivity index is 1.77. The molecular weight excluding hydrogens is 306 g/mol. The van der Waals surface area contributed by atoms with Gasteiger partial charge >= 0.3 is 5.88 Å². The number of rotatable bonds is 6. The molecule has 2 amide bonds. The van der Waals surface area contributed by atoms with Gasteiger partial charge in [-0.25, -0.2) is 5.43 Å². The zero-order valence-corrected chi connectivity index (χ0v) is 11.6. The minimum absolute atomic E-state index is 0.109. The van der Waals surface area contributed by atoms with Gasteiger partial charge in [-0.15, -0.1) is 0 Å². The molecule has 10 nitrogen and oxygen atoms in total. The van der Waals surface area contributed by atoms with Crippen LogP contribution >= 0.6 is 0 Å². The van der Waals surface area contributed by atoms with Gasteiger partial charge in [0.15, 0.2) is 5.76 Å². The highest BCUT2D eigenvalue weighted by atomic mass is 16.6. The van der Waals surface area contributed by atoms with Crippen LogP contribution in [0.3, 0.4) is 0 Å². The lowest BCUT2D eigenvalue weighted by Gasteiger charge is -2.03. The summed E-state index contributed by atoms with van der Waals surface area (Å²) in [7, 11) is 0. The number of hydrazone groups is 1. The predicted octanol–water partition coefficient (Wildman–Crippen LogP) is 0.463. The molecule has 2 aromatic heterocycles. The van der Waals surface area contributed by atoms with Crippen molar-refractivity contribution in [2.24, 2.45) is 5.10 Å². The highest BCUT2D eigenvalue weighted by Crippen LogP contribution is 2.13. The Morgan fingerprint density at radius 1 is 1.30 bits per heavy atom. The third-order valence-corrected chi connectivity index (χ3v) is 2.53. The van der Waals surface area contributed by atoms with Gasteiger partial charge in [-0.3, -0.25) is 24.7 Å². The highest BCUT2D eigenvalue weighted by Gasteiger charge is 2.10. The van der Waals surface area contributed by atoms with Gasteiger partial charge in [0.2, 0.25) is 0 Å². The number of pyridine rings is 1. The number of carbonyl (C=O) groups excluding carboxylic acids is 2. The van der Waals surface area contributed by atoms with Crippen molar-refractivity contribution >= 4 is 23.9 Å². The molecule has 0 aliphatic carbocycles. The Bertz CT molecular complexity index is 740. The number of aromatic nitrogens is 1. The second-order valence-electron chi connectivity index (χ2n) is 4.14. The Hall–Kier alpha value is -3.56. The van der Waals surface area contributed by atoms with E-state index in [4.69, 9.17) is 4.42 Å². The molecule has 2 N–H and O–H groups in total. The summed E-state index contributed by atoms with van der Waals surface area (Å²) < 4.78 is 4.81. The van der Waals surface area contributed by atoms with Gasteiger partial charge in [-0.2, -0.15) is 5.10 Å². The quantitative estimate of drug-likeness (QED) is 0.450. The summed E-state index contributed by atoms with van der Waals surface area (Å²) in [6.45, 7) is -0.281. The molecule has 2 aromatic rings. The van der Waals surface area contributed by atoms with Gasteiger partial charge in [0.05, 0.1) is 18.8 Å². The van der Waals surface area contributed by atoms with Crippen LogP contribution in [0.4, 0.5) is 5.88 Å². The number of nitrogens with one attached hydrogen (secondary N) is 2. The van der Waals surface area contributed by atoms with E-state index in [9.17, 15) is 19.7 Å². The van der Waals surface area contributed by atoms with Crippen molar-refractivity contribution in [1.29, 1.82) is 0 Å². The zero-order chi connectivity index (χ0) is 16.7. The predicted molar refractivity (Wildman–Crippen MR) is 77.7 cm³/mol. The molecule has 2 rings (SSSR count). The average Bonchev–Trinajstić information content (AvgIpc) is 3.02. The molecule has 0 bridgehead atoms. The number of hydrogen-bond acceptors (Lipinski definition) is 7. The van der Waals surface area contributed by atoms with Crippen LogP contribution in [-0.2, 0) is 4.79 Å². The Kier molecular flexibility index (Phi) is 5.12. The number of amides is 2. The monoisotopic (exact) mass is 317 g/mol. The lowest BCUT2D eigenvalue weighted by molar-refractivity contribution is -0.402. The second kappa shape index (κ2) is 7.45. The summed E-state index contributed by atoms with van der Waals surface area (Å²) in [5, 5.41) is 16.4. The standard InChI is InChI=1S/C13H11N5O5/c19-11(8-15-13(20)9-3-5-14-6-4-9)17-16-7-10-1-2-12(23-10)18(21)22/h1-7H,8H2,(H,15,20)(H,17,19)/b16-7-. The minimum Gasteiger partial charge on any atom is -0.400 e. The van der Waals surface area contributed by atoms with E-state index in [0.717, 1.165) is 12.3 Å². The molecule has 0 aliphatic heterocycles. The smallest absolute Gasteiger partial charge is 0.400 e. The third-order valence-electron chi connectivity index (χ3n) is 2.53. The van der Waals surface area contributed by atoms with Gasteiger partial charge in [0.25, 0.3) is 11.8 Å². The zero-order valence-electron chi connectivity index (χ0n) is 11.6. The van der Waals surface area contributed by atoms with E-state index >= 15 is 0 Å². The molecule has 0 aliphatic rings. The van der Waals surface area contributed by atoms with E-state index in [2.05, 4.69) is 20.8 Å². The molecule has 0 fully saturated rings. The number of furan rings is 1. The Morgan fingerprint density at radius 3 is 2.70 bits per heavy atom. The van der Waals surface area contributed by atoms with Crippen molar-refractivity contribution < 1.29 is 18.9 Å². The molecule has 0 spiro atoms. The normalized spacial score (nSPS) is 10.4. The van der Waals surface area contributed by atoms with Crippen LogP contribution in [0.5, 0.6) is 0 Å². The summed E-state index contributed by atoms with van der Waals surface area (Å²) in [4.78, 5) is 36.7. The summed E-state index contributed by atoms with van der Waals surface area (Å²) in [6.07, 6.45) is 4.03. The first-order valence-corrected chi connectivity index (χ1v) is 6.30. The highest BCUT2D eigenvalue weighted by molar-refractivity contribution is 5.96. The van der Waals surface area contributed by atoms with Crippen molar-refractivity contribution in [3.63, 3.8) is 0 Å². The topological polar surface area (TPSA) is 140 Å². The second-order valence-corrected chi connectivity index (χ2v) is 4.14. The van der Waals surface area contributed by atoms with Gasteiger partial charge in [0, 0.05) is 18.0 Å². The number of nitrogens with zero attached hydrogens (tertiary/aromatic N) is 3. The first kappa shape index (κ1) is 15.8. The molecule has 0 saturated heterocycles. The van der Waals surface area contributed by atoms with E-state index in [1.165, 1.54) is 30.6 Å². The maximum Gasteiger partial charge on any atom is 0.433 e. The molecular formula is C13H11N5O5. The maximum atomic E-state index is 11.7. The first-order chi connectivity index (χ1) is 11.1. The van der Waals surface area contributed by atoms with Gasteiger partial charge in [0.1, 0.15) is 4.92 Å². The van der Waals surface area contributed by atoms with E-state index in [-0.39, 0.29) is 12.3 Å². The number of nitro groups is 1. The van der Waals surface area contributed by atoms with Gasteiger partial charge in [-0.1, -0.05) is 0 Å². The van der Waals surface area contributed by atoms with Crippen molar-refractivity contribution in [3.8, 4) is 0 Å². The fourth-order valence-electron chi connectivity index (χ4n) is 1.48. The van der Waals surface area contributed by atoms with Crippen LogP contribution in [0.1, 0.15) is 16.1 Å². The van der Waals surface area contributed by atoms with E-state index in [0.29, 0.717) is 5.56 Å². The van der Waals surface area contributed by atoms with E-state index in [1.54, 1.807) is 0 Å². The molecule has 0 atom stereocenters. The van der Waals surface area contributed by atoms with Crippen molar-refractivity contribution in [2.45, 2.75) is 0 Å². The largest absolute Gasteiger partial charge is 0.433 e. The summed E-state index contributed by atoms with van der Waals surface area (Å²) >= 11 is 0. The summed E-state index contributed by atoms with van der Waals surface area (Å²) in [6, 6.07) is 5.52. The Labute approximate surface area is 129 Å². The summed E-state index contributed by atoms with van der Waals surface area (Å²) in [5.74, 6) is -1.31. The van der Waals surface area contributed by atoms with Crippen LogP contribution in [0.2, 0.25) is 0 Å². The molecule has 118 valence electrons. The molecule has 2 heterocycles. The Morgan fingerprint density at radius 2 is 2.04 bits per heavy atom. The first-order valence-electron chi connectivity index (χ1n) is 6.30. The molecule has 0 unspecified atom stereocenters. The van der Waals surface area contributed by atoms with E-state index in [1.807, 2.05) is 0 Å². The summed E-state index contributed by atoms with van der Waals surface area (Å²) in [5.41, 5.74) is 2.52. The van der Waals surface area contributed by atoms with Crippen LogP contribution in [0, 0.1) is 10.1 Å². The maximum absolute atomic E-state index is 11.7. The fourth-order valence-corrected chi connectivity index (χ4v) is 1.48. The molecule has 0 saturated carbocycles. The van der Waals surface area contributed by atoms with Crippen LogP contribution < -0.4 is 10.7 Å². The fraction of sp³-hybridized carbons (Fsp3) is 0.0769. The molecule has 0 aromatic carbocycles. The van der Waals surface area contributed by atoms with Crippen molar-refractivity contribution in [1.82, 2.24) is 15.7 Å². The SMILES string of the molecule is O=C(CNC(=O)c1ccncc1)N/N=C\c1ccc([N+](=O)[O-])o1. The third kappa shape index (κ3) is 4.74.